The van der Waals surface area contributed by atoms with Crippen LogP contribution in [0.5, 0.6) is 0 Å². The lowest BCUT2D eigenvalue weighted by Gasteiger charge is -2.15. The van der Waals surface area contributed by atoms with Crippen LogP contribution in [0.25, 0.3) is 0 Å². The lowest BCUT2D eigenvalue weighted by molar-refractivity contribution is 0.678. The first-order valence-corrected chi connectivity index (χ1v) is 7.08. The molecule has 2 unspecified atom stereocenters. The molecule has 0 bridgehead atoms. The number of nitrogens with one attached hydrogen (secondary N) is 1. The summed E-state index contributed by atoms with van der Waals surface area (Å²) in [5.41, 5.74) is 1.80. The van der Waals surface area contributed by atoms with Gasteiger partial charge in [0, 0.05) is 35.0 Å². The summed E-state index contributed by atoms with van der Waals surface area (Å²) >= 11 is 0. The van der Waals surface area contributed by atoms with Crippen molar-refractivity contribution in [1.82, 2.24) is 9.97 Å². The number of hydrogen-bond donors (Lipinski definition) is 1. The molecular formula is C11H19N3OS. The molecule has 4 nitrogen and oxygen atoms in total. The summed E-state index contributed by atoms with van der Waals surface area (Å²) in [6.45, 7) is 5.92. The molecule has 0 saturated heterocycles. The molecule has 1 heterocycles. The van der Waals surface area contributed by atoms with E-state index in [2.05, 4.69) is 22.2 Å². The predicted molar refractivity (Wildman–Crippen MR) is 68.1 cm³/mol. The molecule has 0 radical (unpaired) electrons. The van der Waals surface area contributed by atoms with Crippen LogP contribution in [0.1, 0.15) is 24.7 Å². The molecule has 5 heteroatoms. The van der Waals surface area contributed by atoms with Crippen molar-refractivity contribution in [2.75, 3.05) is 17.3 Å². The largest absolute Gasteiger partial charge is 0.366 e. The van der Waals surface area contributed by atoms with E-state index in [1.54, 1.807) is 12.5 Å². The molecule has 0 aromatic carbocycles. The van der Waals surface area contributed by atoms with Gasteiger partial charge in [0.2, 0.25) is 0 Å². The maximum Gasteiger partial charge on any atom is 0.147 e. The minimum absolute atomic E-state index is 0.263. The van der Waals surface area contributed by atoms with Crippen LogP contribution in [0.15, 0.2) is 6.20 Å². The fourth-order valence-corrected chi connectivity index (χ4v) is 2.01. The van der Waals surface area contributed by atoms with Gasteiger partial charge in [-0.25, -0.2) is 4.98 Å². The van der Waals surface area contributed by atoms with Crippen molar-refractivity contribution in [3.63, 3.8) is 0 Å². The zero-order chi connectivity index (χ0) is 12.1. The van der Waals surface area contributed by atoms with Gasteiger partial charge in [0.1, 0.15) is 5.82 Å². The van der Waals surface area contributed by atoms with E-state index in [9.17, 15) is 4.21 Å². The van der Waals surface area contributed by atoms with Gasteiger partial charge in [0.05, 0.1) is 11.4 Å². The Morgan fingerprint density at radius 2 is 2.19 bits per heavy atom. The Morgan fingerprint density at radius 1 is 1.50 bits per heavy atom. The highest BCUT2D eigenvalue weighted by molar-refractivity contribution is 7.84. The van der Waals surface area contributed by atoms with Gasteiger partial charge in [-0.15, -0.1) is 0 Å². The molecule has 1 aromatic heterocycles. The summed E-state index contributed by atoms with van der Waals surface area (Å²) in [6, 6.07) is 0.263. The third kappa shape index (κ3) is 4.26. The van der Waals surface area contributed by atoms with E-state index in [0.29, 0.717) is 5.75 Å². The summed E-state index contributed by atoms with van der Waals surface area (Å²) in [6.07, 6.45) is 4.36. The van der Waals surface area contributed by atoms with Crippen LogP contribution in [0, 0.1) is 13.8 Å². The summed E-state index contributed by atoms with van der Waals surface area (Å²) in [5, 5.41) is 3.30. The van der Waals surface area contributed by atoms with Crippen molar-refractivity contribution in [2.45, 2.75) is 33.2 Å². The SMILES string of the molecule is Cc1cnc(C)c(NC(C)CCS(C)=O)n1. The van der Waals surface area contributed by atoms with E-state index in [4.69, 9.17) is 0 Å². The summed E-state index contributed by atoms with van der Waals surface area (Å²) < 4.78 is 11.0. The van der Waals surface area contributed by atoms with Crippen molar-refractivity contribution in [1.29, 1.82) is 0 Å². The highest BCUT2D eigenvalue weighted by Gasteiger charge is 2.07. The van der Waals surface area contributed by atoms with Gasteiger partial charge in [-0.3, -0.25) is 9.19 Å². The zero-order valence-corrected chi connectivity index (χ0v) is 11.1. The predicted octanol–water partition coefficient (Wildman–Crippen LogP) is 1.66. The molecule has 0 saturated carbocycles. The van der Waals surface area contributed by atoms with Gasteiger partial charge in [-0.05, 0) is 27.2 Å². The molecule has 0 aliphatic carbocycles. The average molecular weight is 241 g/mol. The first-order chi connectivity index (χ1) is 7.49. The fraction of sp³-hybridized carbons (Fsp3) is 0.636. The molecule has 2 atom stereocenters. The molecule has 1 rings (SSSR count). The Kier molecular flexibility index (Phi) is 4.86. The van der Waals surface area contributed by atoms with Gasteiger partial charge in [-0.1, -0.05) is 0 Å². The molecule has 1 aromatic rings. The van der Waals surface area contributed by atoms with Crippen molar-refractivity contribution in [3.8, 4) is 0 Å². The van der Waals surface area contributed by atoms with E-state index in [0.717, 1.165) is 23.6 Å². The number of aromatic nitrogens is 2. The third-order valence-electron chi connectivity index (χ3n) is 2.30. The molecule has 1 N–H and O–H groups in total. The highest BCUT2D eigenvalue weighted by Crippen LogP contribution is 2.11. The number of hydrogen-bond acceptors (Lipinski definition) is 4. The van der Waals surface area contributed by atoms with Crippen molar-refractivity contribution >= 4 is 16.6 Å². The molecule has 0 aliphatic heterocycles. The van der Waals surface area contributed by atoms with Crippen LogP contribution in [-0.2, 0) is 10.8 Å². The topological polar surface area (TPSA) is 54.9 Å². The third-order valence-corrected chi connectivity index (χ3v) is 3.11. The minimum atomic E-state index is -0.730. The van der Waals surface area contributed by atoms with E-state index in [-0.39, 0.29) is 6.04 Å². The van der Waals surface area contributed by atoms with Crippen molar-refractivity contribution in [3.05, 3.63) is 17.6 Å². The summed E-state index contributed by atoms with van der Waals surface area (Å²) in [5.74, 6) is 1.54. The van der Waals surface area contributed by atoms with E-state index >= 15 is 0 Å². The lowest BCUT2D eigenvalue weighted by atomic mass is 10.2. The molecule has 90 valence electrons. The first kappa shape index (κ1) is 13.1. The Balaban J connectivity index is 2.58. The van der Waals surface area contributed by atoms with Crippen LogP contribution < -0.4 is 5.32 Å². The van der Waals surface area contributed by atoms with Gasteiger partial charge < -0.3 is 5.32 Å². The molecule has 0 spiro atoms. The molecule has 0 amide bonds. The lowest BCUT2D eigenvalue weighted by Crippen LogP contribution is -2.19. The number of nitrogens with zero attached hydrogens (tertiary/aromatic N) is 2. The quantitative estimate of drug-likeness (QED) is 0.852. The fourth-order valence-electron chi connectivity index (χ4n) is 1.32. The van der Waals surface area contributed by atoms with Gasteiger partial charge in [-0.2, -0.15) is 0 Å². The van der Waals surface area contributed by atoms with Crippen molar-refractivity contribution in [2.24, 2.45) is 0 Å². The van der Waals surface area contributed by atoms with Gasteiger partial charge in [0.15, 0.2) is 0 Å². The van der Waals surface area contributed by atoms with E-state index in [1.165, 1.54) is 0 Å². The maximum absolute atomic E-state index is 11.0. The highest BCUT2D eigenvalue weighted by atomic mass is 32.2. The molecular weight excluding hydrogens is 222 g/mol. The smallest absolute Gasteiger partial charge is 0.147 e. The second kappa shape index (κ2) is 5.94. The van der Waals surface area contributed by atoms with Gasteiger partial charge in [0.25, 0.3) is 0 Å². The average Bonchev–Trinajstić information content (AvgIpc) is 2.20. The zero-order valence-electron chi connectivity index (χ0n) is 10.3. The number of rotatable bonds is 5. The molecule has 0 fully saturated rings. The Hall–Kier alpha value is -0.970. The summed E-state index contributed by atoms with van der Waals surface area (Å²) in [4.78, 5) is 8.63. The van der Waals surface area contributed by atoms with Crippen LogP contribution in [-0.4, -0.2) is 32.2 Å². The van der Waals surface area contributed by atoms with E-state index in [1.807, 2.05) is 13.8 Å². The number of anilines is 1. The molecule has 16 heavy (non-hydrogen) atoms. The first-order valence-electron chi connectivity index (χ1n) is 5.36. The number of aryl methyl sites for hydroxylation is 2. The van der Waals surface area contributed by atoms with Crippen molar-refractivity contribution < 1.29 is 4.21 Å². The van der Waals surface area contributed by atoms with E-state index < -0.39 is 10.8 Å². The minimum Gasteiger partial charge on any atom is -0.366 e. The monoisotopic (exact) mass is 241 g/mol. The molecule has 0 aliphatic rings. The van der Waals surface area contributed by atoms with Crippen LogP contribution in [0.3, 0.4) is 0 Å². The summed E-state index contributed by atoms with van der Waals surface area (Å²) in [7, 11) is -0.730. The Labute approximate surface area is 99.3 Å². The Bertz CT molecular complexity index is 381. The van der Waals surface area contributed by atoms with Crippen LogP contribution in [0.2, 0.25) is 0 Å². The maximum atomic E-state index is 11.0. The van der Waals surface area contributed by atoms with Crippen LogP contribution in [0.4, 0.5) is 5.82 Å². The second-order valence-corrected chi connectivity index (χ2v) is 5.61. The standard InChI is InChI=1S/C11H19N3OS/c1-8(5-6-16(4)15)13-11-10(3)12-7-9(2)14-11/h7-8H,5-6H2,1-4H3,(H,13,14). The normalized spacial score (nSPS) is 14.5. The van der Waals surface area contributed by atoms with Gasteiger partial charge >= 0.3 is 0 Å². The Morgan fingerprint density at radius 3 is 2.81 bits per heavy atom. The van der Waals surface area contributed by atoms with Crippen LogP contribution >= 0.6 is 0 Å². The second-order valence-electron chi connectivity index (χ2n) is 4.06.